The molecule has 1 amide bonds. The second kappa shape index (κ2) is 11.6. The first-order chi connectivity index (χ1) is 15.8. The smallest absolute Gasteiger partial charge is 0.233 e. The minimum Gasteiger partial charge on any atom is -0.379 e. The molecule has 0 aliphatic carbocycles. The zero-order valence-corrected chi connectivity index (χ0v) is 22.6. The number of hydrogen-bond donors (Lipinski definition) is 0. The second-order valence-corrected chi connectivity index (χ2v) is 10.3. The molecule has 0 unspecified atom stereocenters. The van der Waals surface area contributed by atoms with Gasteiger partial charge in [0.1, 0.15) is 0 Å². The van der Waals surface area contributed by atoms with Gasteiger partial charge in [-0.15, -0.1) is 12.4 Å². The van der Waals surface area contributed by atoms with E-state index in [1.165, 1.54) is 27.8 Å². The summed E-state index contributed by atoms with van der Waals surface area (Å²) in [5.74, 6) is 0.125. The fourth-order valence-corrected chi connectivity index (χ4v) is 5.74. The number of carbonyl (C=O) groups is 1. The molecule has 1 fully saturated rings. The van der Waals surface area contributed by atoms with Gasteiger partial charge in [0.25, 0.3) is 0 Å². The highest BCUT2D eigenvalue weighted by Crippen LogP contribution is 2.32. The van der Waals surface area contributed by atoms with Crippen LogP contribution in [0.25, 0.3) is 10.2 Å². The van der Waals surface area contributed by atoms with Crippen LogP contribution in [-0.4, -0.2) is 55.2 Å². The summed E-state index contributed by atoms with van der Waals surface area (Å²) in [6.07, 6.45) is 1.33. The second-order valence-electron chi connectivity index (χ2n) is 9.26. The van der Waals surface area contributed by atoms with E-state index in [0.29, 0.717) is 13.0 Å². The van der Waals surface area contributed by atoms with Crippen molar-refractivity contribution in [2.75, 3.05) is 44.3 Å². The molecule has 184 valence electrons. The van der Waals surface area contributed by atoms with Gasteiger partial charge >= 0.3 is 0 Å². The van der Waals surface area contributed by atoms with E-state index < -0.39 is 0 Å². The molecule has 1 aliphatic heterocycles. The molecule has 34 heavy (non-hydrogen) atoms. The van der Waals surface area contributed by atoms with Gasteiger partial charge in [0.05, 0.1) is 29.9 Å². The van der Waals surface area contributed by atoms with Crippen molar-refractivity contribution in [3.8, 4) is 0 Å². The highest BCUT2D eigenvalue weighted by molar-refractivity contribution is 7.22. The standard InChI is InChI=1S/C27H35N3O2S.ClH/c1-18-15-20(3)23(21(4)16-18)17-25(31)30(10-6-9-29-11-13-32-14-12-29)27-28-26-22(5)19(2)7-8-24(26)33-27;/h7-8,15-16H,6,9-14,17H2,1-5H3;1H. The fraction of sp³-hybridized carbons (Fsp3) is 0.481. The minimum atomic E-state index is 0. The summed E-state index contributed by atoms with van der Waals surface area (Å²) in [5, 5.41) is 0.813. The molecular weight excluding hydrogens is 466 g/mol. The monoisotopic (exact) mass is 501 g/mol. The Morgan fingerprint density at radius 1 is 1.06 bits per heavy atom. The number of halogens is 1. The van der Waals surface area contributed by atoms with Crippen molar-refractivity contribution in [1.29, 1.82) is 0 Å². The predicted molar refractivity (Wildman–Crippen MR) is 145 cm³/mol. The maximum absolute atomic E-state index is 13.7. The molecule has 1 aromatic heterocycles. The van der Waals surface area contributed by atoms with Crippen molar-refractivity contribution >= 4 is 45.0 Å². The van der Waals surface area contributed by atoms with Gasteiger partial charge < -0.3 is 4.74 Å². The van der Waals surface area contributed by atoms with E-state index in [0.717, 1.165) is 60.2 Å². The van der Waals surface area contributed by atoms with Crippen LogP contribution in [0.5, 0.6) is 0 Å². The van der Waals surface area contributed by atoms with E-state index in [9.17, 15) is 4.79 Å². The Labute approximate surface area is 213 Å². The zero-order chi connectivity index (χ0) is 23.5. The van der Waals surface area contributed by atoms with Gasteiger partial charge in [-0.1, -0.05) is 35.1 Å². The molecule has 3 aromatic rings. The summed E-state index contributed by atoms with van der Waals surface area (Å²) in [6.45, 7) is 15.7. The Morgan fingerprint density at radius 3 is 2.41 bits per heavy atom. The Balaban J connectivity index is 0.00000324. The number of morpholine rings is 1. The van der Waals surface area contributed by atoms with Gasteiger partial charge in [0.15, 0.2) is 5.13 Å². The molecule has 0 atom stereocenters. The maximum Gasteiger partial charge on any atom is 0.233 e. The lowest BCUT2D eigenvalue weighted by molar-refractivity contribution is -0.118. The molecule has 4 rings (SSSR count). The van der Waals surface area contributed by atoms with Crippen molar-refractivity contribution in [2.24, 2.45) is 0 Å². The number of thiazole rings is 1. The van der Waals surface area contributed by atoms with Crippen LogP contribution in [0.15, 0.2) is 24.3 Å². The number of rotatable bonds is 7. The number of anilines is 1. The predicted octanol–water partition coefficient (Wildman–Crippen LogP) is 5.56. The number of benzene rings is 2. The van der Waals surface area contributed by atoms with Crippen LogP contribution in [0.4, 0.5) is 5.13 Å². The molecule has 7 heteroatoms. The van der Waals surface area contributed by atoms with Gasteiger partial charge in [0.2, 0.25) is 5.91 Å². The topological polar surface area (TPSA) is 45.7 Å². The van der Waals surface area contributed by atoms with Gasteiger partial charge in [-0.2, -0.15) is 0 Å². The third kappa shape index (κ3) is 5.98. The lowest BCUT2D eigenvalue weighted by Crippen LogP contribution is -2.39. The van der Waals surface area contributed by atoms with Crippen LogP contribution in [0.1, 0.15) is 39.8 Å². The van der Waals surface area contributed by atoms with Crippen molar-refractivity contribution in [1.82, 2.24) is 9.88 Å². The lowest BCUT2D eigenvalue weighted by Gasteiger charge is -2.28. The summed E-state index contributed by atoms with van der Waals surface area (Å²) in [6, 6.07) is 8.61. The maximum atomic E-state index is 13.7. The van der Waals surface area contributed by atoms with Crippen molar-refractivity contribution in [3.05, 3.63) is 57.6 Å². The Bertz CT molecular complexity index is 1130. The van der Waals surface area contributed by atoms with E-state index in [-0.39, 0.29) is 18.3 Å². The Kier molecular flexibility index (Phi) is 9.10. The largest absolute Gasteiger partial charge is 0.379 e. The zero-order valence-electron chi connectivity index (χ0n) is 20.9. The van der Waals surface area contributed by atoms with E-state index in [4.69, 9.17) is 9.72 Å². The third-order valence-electron chi connectivity index (χ3n) is 6.73. The number of carbonyl (C=O) groups excluding carboxylic acids is 1. The van der Waals surface area contributed by atoms with Crippen LogP contribution in [-0.2, 0) is 16.0 Å². The van der Waals surface area contributed by atoms with E-state index in [2.05, 4.69) is 63.8 Å². The Hall–Kier alpha value is -1.99. The highest BCUT2D eigenvalue weighted by atomic mass is 35.5. The van der Waals surface area contributed by atoms with E-state index in [1.54, 1.807) is 11.3 Å². The molecule has 2 heterocycles. The number of aryl methyl sites for hydroxylation is 5. The summed E-state index contributed by atoms with van der Waals surface area (Å²) in [7, 11) is 0. The number of nitrogens with zero attached hydrogens (tertiary/aromatic N) is 3. The van der Waals surface area contributed by atoms with Gasteiger partial charge in [0, 0.05) is 26.2 Å². The average Bonchev–Trinajstić information content (AvgIpc) is 3.21. The molecular formula is C27H36ClN3O2S. The van der Waals surface area contributed by atoms with Crippen molar-refractivity contribution < 1.29 is 9.53 Å². The van der Waals surface area contributed by atoms with Crippen LogP contribution < -0.4 is 4.90 Å². The number of hydrogen-bond acceptors (Lipinski definition) is 5. The summed E-state index contributed by atoms with van der Waals surface area (Å²) in [4.78, 5) is 23.0. The molecule has 0 spiro atoms. The number of fused-ring (bicyclic) bond motifs is 1. The lowest BCUT2D eigenvalue weighted by atomic mass is 9.97. The number of aromatic nitrogens is 1. The molecule has 2 aromatic carbocycles. The summed E-state index contributed by atoms with van der Waals surface area (Å²) < 4.78 is 6.61. The number of ether oxygens (including phenoxy) is 1. The van der Waals surface area contributed by atoms with E-state index in [1.807, 2.05) is 4.90 Å². The fourth-order valence-electron chi connectivity index (χ4n) is 4.67. The summed E-state index contributed by atoms with van der Waals surface area (Å²) in [5.41, 5.74) is 8.19. The highest BCUT2D eigenvalue weighted by Gasteiger charge is 2.22. The first-order valence-corrected chi connectivity index (χ1v) is 12.7. The molecule has 0 N–H and O–H groups in total. The normalized spacial score (nSPS) is 14.3. The quantitative estimate of drug-likeness (QED) is 0.425. The van der Waals surface area contributed by atoms with Gasteiger partial charge in [-0.05, 0) is 74.9 Å². The third-order valence-corrected chi connectivity index (χ3v) is 7.78. The van der Waals surface area contributed by atoms with Crippen LogP contribution in [0, 0.1) is 34.6 Å². The van der Waals surface area contributed by atoms with Crippen LogP contribution >= 0.6 is 23.7 Å². The molecule has 5 nitrogen and oxygen atoms in total. The van der Waals surface area contributed by atoms with Gasteiger partial charge in [-0.25, -0.2) is 4.98 Å². The first kappa shape index (κ1) is 26.6. The summed E-state index contributed by atoms with van der Waals surface area (Å²) >= 11 is 1.62. The van der Waals surface area contributed by atoms with Crippen LogP contribution in [0.3, 0.4) is 0 Å². The first-order valence-electron chi connectivity index (χ1n) is 11.9. The molecule has 0 bridgehead atoms. The minimum absolute atomic E-state index is 0. The SMILES string of the molecule is Cc1cc(C)c(CC(=O)N(CCCN2CCOCC2)c2nc3c(C)c(C)ccc3s2)c(C)c1.Cl. The van der Waals surface area contributed by atoms with E-state index >= 15 is 0 Å². The molecule has 1 aliphatic rings. The molecule has 1 saturated heterocycles. The van der Waals surface area contributed by atoms with Crippen molar-refractivity contribution in [2.45, 2.75) is 47.5 Å². The average molecular weight is 502 g/mol. The molecule has 0 radical (unpaired) electrons. The molecule has 0 saturated carbocycles. The van der Waals surface area contributed by atoms with Crippen molar-refractivity contribution in [3.63, 3.8) is 0 Å². The van der Waals surface area contributed by atoms with Gasteiger partial charge in [-0.3, -0.25) is 14.6 Å². The Morgan fingerprint density at radius 2 is 1.74 bits per heavy atom. The van der Waals surface area contributed by atoms with Crippen LogP contribution in [0.2, 0.25) is 0 Å². The number of amides is 1.